The first kappa shape index (κ1) is 19.8. The van der Waals surface area contributed by atoms with Crippen molar-refractivity contribution in [2.75, 3.05) is 11.2 Å². The van der Waals surface area contributed by atoms with Crippen LogP contribution in [0.25, 0.3) is 11.3 Å². The molecule has 0 radical (unpaired) electrons. The van der Waals surface area contributed by atoms with Crippen LogP contribution in [0, 0.1) is 0 Å². The van der Waals surface area contributed by atoms with E-state index in [1.54, 1.807) is 47.0 Å². The van der Waals surface area contributed by atoms with Crippen LogP contribution >= 0.6 is 11.8 Å². The predicted octanol–water partition coefficient (Wildman–Crippen LogP) is 2.45. The monoisotopic (exact) mass is 423 g/mol. The van der Waals surface area contributed by atoms with Crippen molar-refractivity contribution in [3.8, 4) is 11.3 Å². The summed E-state index contributed by atoms with van der Waals surface area (Å²) in [6.45, 7) is 1.77. The smallest absolute Gasteiger partial charge is 0.335 e. The van der Waals surface area contributed by atoms with Crippen LogP contribution in [0.5, 0.6) is 0 Å². The number of benzene rings is 2. The van der Waals surface area contributed by atoms with E-state index in [2.05, 4.69) is 10.1 Å². The lowest BCUT2D eigenvalue weighted by atomic mass is 10.0. The Morgan fingerprint density at radius 3 is 2.53 bits per heavy atom. The Kier molecular flexibility index (Phi) is 5.13. The second-order valence-corrected chi connectivity index (χ2v) is 7.49. The number of rotatable bonds is 4. The summed E-state index contributed by atoms with van der Waals surface area (Å²) in [6.07, 6.45) is 1.33. The minimum Gasteiger partial charge on any atom is -0.478 e. The van der Waals surface area contributed by atoms with Crippen molar-refractivity contribution >= 4 is 29.3 Å². The van der Waals surface area contributed by atoms with Gasteiger partial charge in [-0.1, -0.05) is 30.8 Å². The van der Waals surface area contributed by atoms with E-state index in [1.165, 1.54) is 23.9 Å². The molecule has 30 heavy (non-hydrogen) atoms. The Hall–Kier alpha value is -3.46. The highest BCUT2D eigenvalue weighted by atomic mass is 32.2. The Morgan fingerprint density at radius 1 is 1.20 bits per heavy atom. The number of thioether (sulfide) groups is 1. The fourth-order valence-electron chi connectivity index (χ4n) is 3.60. The molecule has 1 aliphatic heterocycles. The lowest BCUT2D eigenvalue weighted by Gasteiger charge is -2.32. The average molecular weight is 423 g/mol. The first-order valence-corrected chi connectivity index (χ1v) is 10.5. The first-order valence-electron chi connectivity index (χ1n) is 9.31. The number of carboxylic acids is 1. The highest BCUT2D eigenvalue weighted by molar-refractivity contribution is 7.98. The number of carbonyl (C=O) groups is 2. The van der Waals surface area contributed by atoms with E-state index in [9.17, 15) is 19.5 Å². The molecule has 1 aromatic heterocycles. The molecule has 0 aliphatic carbocycles. The number of carbonyl (C=O) groups excluding carboxylic acids is 1. The predicted molar refractivity (Wildman–Crippen MR) is 112 cm³/mol. The van der Waals surface area contributed by atoms with Crippen molar-refractivity contribution < 1.29 is 19.4 Å². The molecule has 8 nitrogen and oxygen atoms in total. The maximum atomic E-state index is 13.0. The third kappa shape index (κ3) is 3.17. The minimum atomic E-state index is -1.04. The highest BCUT2D eigenvalue weighted by Gasteiger charge is 2.45. The molecule has 1 amide bonds. The number of carboxylic acid groups (broad SMARTS) is 1. The third-order valence-corrected chi connectivity index (χ3v) is 5.55. The molecule has 0 spiro atoms. The summed E-state index contributed by atoms with van der Waals surface area (Å²) in [7, 11) is 0. The molecule has 0 unspecified atom stereocenters. The van der Waals surface area contributed by atoms with Crippen molar-refractivity contribution in [1.29, 1.82) is 0 Å². The van der Waals surface area contributed by atoms with Gasteiger partial charge in [0.15, 0.2) is 0 Å². The topological polar surface area (TPSA) is 107 Å². The van der Waals surface area contributed by atoms with Gasteiger partial charge in [-0.2, -0.15) is 0 Å². The number of anilines is 1. The molecule has 2 N–H and O–H groups in total. The molecule has 1 atom stereocenters. The van der Waals surface area contributed by atoms with Crippen molar-refractivity contribution in [2.45, 2.75) is 24.7 Å². The quantitative estimate of drug-likeness (QED) is 0.493. The van der Waals surface area contributed by atoms with E-state index in [0.29, 0.717) is 27.7 Å². The van der Waals surface area contributed by atoms with Crippen molar-refractivity contribution in [3.05, 3.63) is 70.0 Å². The van der Waals surface area contributed by atoms with E-state index >= 15 is 0 Å². The van der Waals surface area contributed by atoms with E-state index in [4.69, 9.17) is 0 Å². The van der Waals surface area contributed by atoms with Crippen LogP contribution in [0.15, 0.2) is 58.5 Å². The summed E-state index contributed by atoms with van der Waals surface area (Å²) in [5, 5.41) is 14.2. The molecule has 0 bridgehead atoms. The maximum absolute atomic E-state index is 13.0. The number of hydrogen-bond donors (Lipinski definition) is 2. The highest BCUT2D eigenvalue weighted by Crippen LogP contribution is 2.37. The standard InChI is InChI=1S/C21H18N4O4S/c1-3-16(26)24-15-7-5-4-6-14(15)17-18(27)22-21(30-2)23-25(17)19(24)12-8-10-13(11-9-12)20(28)29/h4-11,19H,3H2,1-2H3,(H-,22,23,27,28,29)/p+1/t19-/m0/s1. The number of H-pyrrole nitrogens is 1. The molecule has 3 aromatic rings. The number of amides is 1. The third-order valence-electron chi connectivity index (χ3n) is 4.98. The van der Waals surface area contributed by atoms with Gasteiger partial charge in [-0.15, -0.1) is 0 Å². The summed E-state index contributed by atoms with van der Waals surface area (Å²) in [5.41, 5.74) is 2.04. The van der Waals surface area contributed by atoms with Crippen molar-refractivity contribution in [2.24, 2.45) is 0 Å². The van der Waals surface area contributed by atoms with Crippen LogP contribution in [-0.4, -0.2) is 33.3 Å². The van der Waals surface area contributed by atoms with Crippen molar-refractivity contribution in [1.82, 2.24) is 10.1 Å². The lowest BCUT2D eigenvalue weighted by Crippen LogP contribution is -2.60. The van der Waals surface area contributed by atoms with Gasteiger partial charge in [0.1, 0.15) is 0 Å². The van der Waals surface area contributed by atoms with Crippen LogP contribution in [0.1, 0.15) is 35.4 Å². The fourth-order valence-corrected chi connectivity index (χ4v) is 3.97. The SMILES string of the molecule is CCC(=O)N1c2ccccc2-c2c(=O)[nH]c(SC)n[n+]2[C@H]1c1ccc(C(=O)O)cc1. The Bertz CT molecular complexity index is 1210. The van der Waals surface area contributed by atoms with Gasteiger partial charge in [-0.05, 0) is 47.3 Å². The molecule has 0 fully saturated rings. The van der Waals surface area contributed by atoms with Gasteiger partial charge in [0.2, 0.25) is 11.1 Å². The number of fused-ring (bicyclic) bond motifs is 3. The normalized spacial score (nSPS) is 14.7. The second kappa shape index (κ2) is 7.75. The number of para-hydroxylation sites is 1. The van der Waals surface area contributed by atoms with Gasteiger partial charge in [0.05, 0.1) is 16.8 Å². The van der Waals surface area contributed by atoms with Gasteiger partial charge in [0.25, 0.3) is 6.17 Å². The molecule has 152 valence electrons. The summed E-state index contributed by atoms with van der Waals surface area (Å²) < 4.78 is 1.55. The van der Waals surface area contributed by atoms with Crippen molar-refractivity contribution in [3.63, 3.8) is 0 Å². The zero-order valence-corrected chi connectivity index (χ0v) is 17.1. The van der Waals surface area contributed by atoms with Crippen LogP contribution in [0.3, 0.4) is 0 Å². The first-order chi connectivity index (χ1) is 14.5. The minimum absolute atomic E-state index is 0.136. The van der Waals surface area contributed by atoms with Crippen LogP contribution in [0.2, 0.25) is 0 Å². The number of nitrogens with one attached hydrogen (secondary N) is 1. The second-order valence-electron chi connectivity index (χ2n) is 6.69. The van der Waals surface area contributed by atoms with E-state index in [0.717, 1.165) is 0 Å². The number of aromatic nitrogens is 3. The van der Waals surface area contributed by atoms with E-state index in [1.807, 2.05) is 12.1 Å². The molecular formula is C21H19N4O4S+. The van der Waals surface area contributed by atoms with Crippen LogP contribution in [0.4, 0.5) is 5.69 Å². The van der Waals surface area contributed by atoms with Gasteiger partial charge < -0.3 is 5.11 Å². The number of aromatic carboxylic acids is 1. The van der Waals surface area contributed by atoms with Crippen LogP contribution < -0.4 is 15.1 Å². The van der Waals surface area contributed by atoms with Gasteiger partial charge in [-0.3, -0.25) is 14.6 Å². The molecular weight excluding hydrogens is 404 g/mol. The molecule has 9 heteroatoms. The van der Waals surface area contributed by atoms with E-state index < -0.39 is 12.1 Å². The maximum Gasteiger partial charge on any atom is 0.335 e. The molecule has 2 aromatic carbocycles. The summed E-state index contributed by atoms with van der Waals surface area (Å²) >= 11 is 1.29. The summed E-state index contributed by atoms with van der Waals surface area (Å²) in [4.78, 5) is 41.7. The largest absolute Gasteiger partial charge is 0.478 e. The zero-order chi connectivity index (χ0) is 21.4. The molecule has 0 saturated carbocycles. The van der Waals surface area contributed by atoms with Gasteiger partial charge in [0, 0.05) is 17.1 Å². The Morgan fingerprint density at radius 2 is 1.90 bits per heavy atom. The summed E-state index contributed by atoms with van der Waals surface area (Å²) in [6, 6.07) is 13.5. The average Bonchev–Trinajstić information content (AvgIpc) is 2.77. The van der Waals surface area contributed by atoms with Crippen LogP contribution in [-0.2, 0) is 4.79 Å². The molecule has 1 aliphatic rings. The number of nitrogens with zero attached hydrogens (tertiary/aromatic N) is 3. The van der Waals surface area contributed by atoms with E-state index in [-0.39, 0.29) is 23.5 Å². The lowest BCUT2D eigenvalue weighted by molar-refractivity contribution is -0.763. The number of hydrogen-bond acceptors (Lipinski definition) is 5. The zero-order valence-electron chi connectivity index (χ0n) is 16.3. The molecule has 2 heterocycles. The summed E-state index contributed by atoms with van der Waals surface area (Å²) in [5.74, 6) is -1.18. The fraction of sp³-hybridized carbons (Fsp3) is 0.190. The Labute approximate surface area is 176 Å². The van der Waals surface area contributed by atoms with Gasteiger partial charge in [-0.25, -0.2) is 9.69 Å². The van der Waals surface area contributed by atoms with Gasteiger partial charge >= 0.3 is 17.2 Å². The number of aromatic amines is 1. The molecule has 4 rings (SSSR count). The molecule has 0 saturated heterocycles. The Balaban J connectivity index is 2.04.